The van der Waals surface area contributed by atoms with Crippen LogP contribution in [0.4, 0.5) is 14.9 Å². The van der Waals surface area contributed by atoms with E-state index in [-0.39, 0.29) is 6.03 Å². The smallest absolute Gasteiger partial charge is 0.321 e. The van der Waals surface area contributed by atoms with E-state index in [1.54, 1.807) is 4.90 Å². The van der Waals surface area contributed by atoms with Crippen molar-refractivity contribution in [3.05, 3.63) is 48.5 Å². The van der Waals surface area contributed by atoms with Crippen molar-refractivity contribution in [1.29, 1.82) is 0 Å². The SMILES string of the molecule is COc1cc(F)ccc1NC(=O)N1CCC(n2cccc2)CC1. The number of rotatable bonds is 3. The second-order valence-corrected chi connectivity index (χ2v) is 5.62. The number of halogens is 1. The van der Waals surface area contributed by atoms with Crippen LogP contribution in [-0.2, 0) is 0 Å². The number of methoxy groups -OCH3 is 1. The first-order chi connectivity index (χ1) is 11.2. The van der Waals surface area contributed by atoms with Gasteiger partial charge in [-0.25, -0.2) is 9.18 Å². The zero-order chi connectivity index (χ0) is 16.2. The van der Waals surface area contributed by atoms with E-state index in [9.17, 15) is 9.18 Å². The Bertz CT molecular complexity index is 664. The fourth-order valence-electron chi connectivity index (χ4n) is 2.92. The van der Waals surface area contributed by atoms with Crippen molar-refractivity contribution in [2.45, 2.75) is 18.9 Å². The van der Waals surface area contributed by atoms with E-state index in [4.69, 9.17) is 4.74 Å². The number of nitrogens with one attached hydrogen (secondary N) is 1. The van der Waals surface area contributed by atoms with Gasteiger partial charge in [0, 0.05) is 37.6 Å². The van der Waals surface area contributed by atoms with Gasteiger partial charge in [-0.15, -0.1) is 0 Å². The van der Waals surface area contributed by atoms with E-state index in [2.05, 4.69) is 22.3 Å². The van der Waals surface area contributed by atoms with Crippen molar-refractivity contribution in [2.75, 3.05) is 25.5 Å². The molecule has 0 saturated carbocycles. The average Bonchev–Trinajstić information content (AvgIpc) is 3.11. The maximum Gasteiger partial charge on any atom is 0.321 e. The van der Waals surface area contributed by atoms with Gasteiger partial charge in [-0.2, -0.15) is 0 Å². The molecule has 23 heavy (non-hydrogen) atoms. The van der Waals surface area contributed by atoms with Crippen LogP contribution in [0.1, 0.15) is 18.9 Å². The molecule has 1 aliphatic heterocycles. The molecule has 122 valence electrons. The molecule has 1 fully saturated rings. The molecule has 0 bridgehead atoms. The highest BCUT2D eigenvalue weighted by molar-refractivity contribution is 5.91. The van der Waals surface area contributed by atoms with Gasteiger partial charge in [0.2, 0.25) is 0 Å². The molecule has 3 rings (SSSR count). The highest BCUT2D eigenvalue weighted by Gasteiger charge is 2.24. The molecule has 6 heteroatoms. The highest BCUT2D eigenvalue weighted by atomic mass is 19.1. The summed E-state index contributed by atoms with van der Waals surface area (Å²) in [5.74, 6) is -0.0760. The Hall–Kier alpha value is -2.50. The Morgan fingerprint density at radius 2 is 1.96 bits per heavy atom. The Morgan fingerprint density at radius 3 is 2.61 bits per heavy atom. The number of aromatic nitrogens is 1. The van der Waals surface area contributed by atoms with Gasteiger partial charge in [0.25, 0.3) is 0 Å². The van der Waals surface area contributed by atoms with Crippen LogP contribution >= 0.6 is 0 Å². The lowest BCUT2D eigenvalue weighted by atomic mass is 10.1. The molecule has 0 spiro atoms. The monoisotopic (exact) mass is 317 g/mol. The summed E-state index contributed by atoms with van der Waals surface area (Å²) in [6, 6.07) is 8.36. The Balaban J connectivity index is 1.60. The molecule has 0 atom stereocenters. The molecule has 1 aliphatic rings. The maximum atomic E-state index is 13.2. The zero-order valence-corrected chi connectivity index (χ0v) is 13.0. The van der Waals surface area contributed by atoms with Crippen LogP contribution in [0.5, 0.6) is 5.75 Å². The first-order valence-electron chi connectivity index (χ1n) is 7.69. The van der Waals surface area contributed by atoms with Gasteiger partial charge in [-0.1, -0.05) is 0 Å². The lowest BCUT2D eigenvalue weighted by molar-refractivity contribution is 0.184. The zero-order valence-electron chi connectivity index (χ0n) is 13.0. The first kappa shape index (κ1) is 15.4. The third kappa shape index (κ3) is 3.47. The molecular weight excluding hydrogens is 297 g/mol. The van der Waals surface area contributed by atoms with Crippen molar-refractivity contribution in [3.8, 4) is 5.75 Å². The van der Waals surface area contributed by atoms with Crippen LogP contribution in [0.25, 0.3) is 0 Å². The number of ether oxygens (including phenoxy) is 1. The first-order valence-corrected chi connectivity index (χ1v) is 7.69. The number of piperidine rings is 1. The topological polar surface area (TPSA) is 46.5 Å². The van der Waals surface area contributed by atoms with Gasteiger partial charge in [-0.3, -0.25) is 0 Å². The van der Waals surface area contributed by atoms with E-state index < -0.39 is 5.82 Å². The van der Waals surface area contributed by atoms with E-state index >= 15 is 0 Å². The molecule has 1 saturated heterocycles. The molecule has 0 aliphatic carbocycles. The third-order valence-electron chi connectivity index (χ3n) is 4.21. The Morgan fingerprint density at radius 1 is 1.26 bits per heavy atom. The van der Waals surface area contributed by atoms with Gasteiger partial charge < -0.3 is 19.5 Å². The van der Waals surface area contributed by atoms with Gasteiger partial charge in [0.15, 0.2) is 0 Å². The molecule has 1 N–H and O–H groups in total. The second-order valence-electron chi connectivity index (χ2n) is 5.62. The normalized spacial score (nSPS) is 15.5. The third-order valence-corrected chi connectivity index (χ3v) is 4.21. The number of urea groups is 1. The fourth-order valence-corrected chi connectivity index (χ4v) is 2.92. The number of hydrogen-bond acceptors (Lipinski definition) is 2. The number of hydrogen-bond donors (Lipinski definition) is 1. The number of anilines is 1. The minimum atomic E-state index is -0.396. The van der Waals surface area contributed by atoms with E-state index in [0.717, 1.165) is 12.8 Å². The van der Waals surface area contributed by atoms with Gasteiger partial charge in [-0.05, 0) is 37.1 Å². The van der Waals surface area contributed by atoms with Crippen LogP contribution in [0.15, 0.2) is 42.7 Å². The van der Waals surface area contributed by atoms with Gasteiger partial charge in [0.1, 0.15) is 11.6 Å². The van der Waals surface area contributed by atoms with Crippen LogP contribution in [0.3, 0.4) is 0 Å². The highest BCUT2D eigenvalue weighted by Crippen LogP contribution is 2.27. The summed E-state index contributed by atoms with van der Waals surface area (Å²) in [6.07, 6.45) is 5.96. The summed E-state index contributed by atoms with van der Waals surface area (Å²) in [6.45, 7) is 1.39. The Labute approximate surface area is 134 Å². The van der Waals surface area contributed by atoms with Crippen molar-refractivity contribution >= 4 is 11.7 Å². The summed E-state index contributed by atoms with van der Waals surface area (Å²) in [5, 5.41) is 2.80. The maximum absolute atomic E-state index is 13.2. The van der Waals surface area contributed by atoms with Crippen molar-refractivity contribution in [2.24, 2.45) is 0 Å². The quantitative estimate of drug-likeness (QED) is 0.942. The van der Waals surface area contributed by atoms with Crippen LogP contribution in [0, 0.1) is 5.82 Å². The van der Waals surface area contributed by atoms with Crippen LogP contribution in [-0.4, -0.2) is 35.7 Å². The number of carbonyl (C=O) groups is 1. The lowest BCUT2D eigenvalue weighted by Crippen LogP contribution is -2.41. The summed E-state index contributed by atoms with van der Waals surface area (Å²) in [7, 11) is 1.45. The number of likely N-dealkylation sites (tertiary alicyclic amines) is 1. The van der Waals surface area contributed by atoms with E-state index in [1.165, 1.54) is 25.3 Å². The molecule has 2 amide bonds. The molecule has 1 aromatic heterocycles. The molecule has 1 aromatic carbocycles. The Kier molecular flexibility index (Phi) is 4.50. The average molecular weight is 317 g/mol. The largest absolute Gasteiger partial charge is 0.494 e. The molecule has 0 unspecified atom stereocenters. The minimum absolute atomic E-state index is 0.180. The standard InChI is InChI=1S/C17H20FN3O2/c1-23-16-12-13(18)4-5-15(16)19-17(22)21-10-6-14(7-11-21)20-8-2-3-9-20/h2-5,8-9,12,14H,6-7,10-11H2,1H3,(H,19,22). The predicted octanol–water partition coefficient (Wildman–Crippen LogP) is 3.50. The summed E-state index contributed by atoms with van der Waals surface area (Å²) < 4.78 is 20.5. The predicted molar refractivity (Wildman–Crippen MR) is 86.2 cm³/mol. The van der Waals surface area contributed by atoms with Crippen molar-refractivity contribution < 1.29 is 13.9 Å². The summed E-state index contributed by atoms with van der Waals surface area (Å²) in [4.78, 5) is 14.2. The van der Waals surface area contributed by atoms with Crippen molar-refractivity contribution in [3.63, 3.8) is 0 Å². The molecule has 2 aromatic rings. The molecule has 2 heterocycles. The number of nitrogens with zero attached hydrogens (tertiary/aromatic N) is 2. The molecule has 5 nitrogen and oxygen atoms in total. The van der Waals surface area contributed by atoms with E-state index in [0.29, 0.717) is 30.6 Å². The van der Waals surface area contributed by atoms with Crippen LogP contribution in [0.2, 0.25) is 0 Å². The van der Waals surface area contributed by atoms with Gasteiger partial charge in [0.05, 0.1) is 12.8 Å². The number of carbonyl (C=O) groups excluding carboxylic acids is 1. The summed E-state index contributed by atoms with van der Waals surface area (Å²) >= 11 is 0. The van der Waals surface area contributed by atoms with Gasteiger partial charge >= 0.3 is 6.03 Å². The fraction of sp³-hybridized carbons (Fsp3) is 0.353. The van der Waals surface area contributed by atoms with Crippen molar-refractivity contribution in [1.82, 2.24) is 9.47 Å². The minimum Gasteiger partial charge on any atom is -0.494 e. The van der Waals surface area contributed by atoms with E-state index in [1.807, 2.05) is 12.1 Å². The summed E-state index contributed by atoms with van der Waals surface area (Å²) in [5.41, 5.74) is 0.478. The second kappa shape index (κ2) is 6.73. The molecular formula is C17H20FN3O2. The lowest BCUT2D eigenvalue weighted by Gasteiger charge is -2.32. The number of amides is 2. The van der Waals surface area contributed by atoms with Crippen LogP contribution < -0.4 is 10.1 Å². The molecule has 0 radical (unpaired) electrons. The number of benzene rings is 1.